The number of piperidine rings is 1. The van der Waals surface area contributed by atoms with Crippen molar-refractivity contribution < 1.29 is 24.0 Å². The molecule has 23 heavy (non-hydrogen) atoms. The Kier molecular flexibility index (Phi) is 6.03. The van der Waals surface area contributed by atoms with Gasteiger partial charge in [-0.1, -0.05) is 5.16 Å². The van der Waals surface area contributed by atoms with Crippen molar-refractivity contribution in [2.75, 3.05) is 29.9 Å². The van der Waals surface area contributed by atoms with Crippen LogP contribution in [0.1, 0.15) is 18.6 Å². The number of aryl methyl sites for hydroxylation is 1. The van der Waals surface area contributed by atoms with Crippen molar-refractivity contribution in [1.82, 2.24) is 10.1 Å². The summed E-state index contributed by atoms with van der Waals surface area (Å²) in [7, 11) is 0. The third kappa shape index (κ3) is 5.27. The molecule has 1 saturated heterocycles. The fourth-order valence-electron chi connectivity index (χ4n) is 2.30. The molecule has 0 saturated carbocycles. The van der Waals surface area contributed by atoms with Crippen LogP contribution in [0.25, 0.3) is 0 Å². The highest BCUT2D eigenvalue weighted by Gasteiger charge is 2.26. The Hall–Kier alpha value is -2.03. The molecule has 9 heteroatoms. The number of carbonyl (C=O) groups is 3. The first-order chi connectivity index (χ1) is 11.0. The van der Waals surface area contributed by atoms with Crippen molar-refractivity contribution in [3.63, 3.8) is 0 Å². The van der Waals surface area contributed by atoms with Crippen molar-refractivity contribution in [3.05, 3.63) is 11.8 Å². The Morgan fingerprint density at radius 2 is 2.09 bits per heavy atom. The van der Waals surface area contributed by atoms with Gasteiger partial charge in [0.15, 0.2) is 5.82 Å². The largest absolute Gasteiger partial charge is 0.481 e. The van der Waals surface area contributed by atoms with Gasteiger partial charge in [-0.3, -0.25) is 14.4 Å². The first kappa shape index (κ1) is 17.3. The van der Waals surface area contributed by atoms with Crippen LogP contribution in [0.15, 0.2) is 10.6 Å². The van der Waals surface area contributed by atoms with Crippen molar-refractivity contribution >= 4 is 35.4 Å². The number of thioether (sulfide) groups is 1. The van der Waals surface area contributed by atoms with E-state index in [1.807, 2.05) is 0 Å². The lowest BCUT2D eigenvalue weighted by Crippen LogP contribution is -2.41. The zero-order chi connectivity index (χ0) is 16.8. The van der Waals surface area contributed by atoms with E-state index in [0.717, 1.165) is 0 Å². The molecule has 1 aromatic heterocycles. The van der Waals surface area contributed by atoms with Gasteiger partial charge in [-0.2, -0.15) is 0 Å². The zero-order valence-electron chi connectivity index (χ0n) is 12.8. The van der Waals surface area contributed by atoms with E-state index >= 15 is 0 Å². The summed E-state index contributed by atoms with van der Waals surface area (Å²) >= 11 is 1.22. The van der Waals surface area contributed by atoms with Gasteiger partial charge in [0.05, 0.1) is 17.4 Å². The maximum atomic E-state index is 12.0. The molecule has 2 amide bonds. The summed E-state index contributed by atoms with van der Waals surface area (Å²) in [5.41, 5.74) is 0. The number of rotatable bonds is 6. The lowest BCUT2D eigenvalue weighted by atomic mass is 9.97. The maximum Gasteiger partial charge on any atom is 0.306 e. The molecule has 0 unspecified atom stereocenters. The smallest absolute Gasteiger partial charge is 0.306 e. The predicted octanol–water partition coefficient (Wildman–Crippen LogP) is 0.978. The van der Waals surface area contributed by atoms with Crippen LogP contribution in [0.5, 0.6) is 0 Å². The molecule has 2 N–H and O–H groups in total. The van der Waals surface area contributed by atoms with Crippen LogP contribution in [-0.4, -0.2) is 57.5 Å². The number of amides is 2. The number of nitrogens with one attached hydrogen (secondary N) is 1. The van der Waals surface area contributed by atoms with Crippen LogP contribution < -0.4 is 5.32 Å². The topological polar surface area (TPSA) is 113 Å². The Morgan fingerprint density at radius 3 is 2.65 bits per heavy atom. The van der Waals surface area contributed by atoms with E-state index in [9.17, 15) is 14.4 Å². The standard InChI is InChI=1S/C14H19N3O5S/c1-9-6-11(16-22-9)15-12(18)7-23-8-13(19)17-4-2-10(3-5-17)14(20)21/h6,10H,2-5,7-8H2,1H3,(H,20,21)(H,15,16,18). The van der Waals surface area contributed by atoms with E-state index in [-0.39, 0.29) is 29.2 Å². The molecule has 1 fully saturated rings. The minimum Gasteiger partial charge on any atom is -0.481 e. The van der Waals surface area contributed by atoms with Gasteiger partial charge in [-0.25, -0.2) is 0 Å². The van der Waals surface area contributed by atoms with Crippen LogP contribution in [0.4, 0.5) is 5.82 Å². The molecule has 0 aromatic carbocycles. The van der Waals surface area contributed by atoms with E-state index in [4.69, 9.17) is 9.63 Å². The molecular formula is C14H19N3O5S. The number of aromatic nitrogens is 1. The molecule has 0 aliphatic carbocycles. The van der Waals surface area contributed by atoms with Crippen LogP contribution in [-0.2, 0) is 14.4 Å². The van der Waals surface area contributed by atoms with Gasteiger partial charge in [-0.05, 0) is 19.8 Å². The summed E-state index contributed by atoms with van der Waals surface area (Å²) in [5.74, 6) is -0.172. The highest BCUT2D eigenvalue weighted by molar-refractivity contribution is 8.00. The number of hydrogen-bond donors (Lipinski definition) is 2. The van der Waals surface area contributed by atoms with Gasteiger partial charge in [-0.15, -0.1) is 11.8 Å². The number of anilines is 1. The SMILES string of the molecule is Cc1cc(NC(=O)CSCC(=O)N2CCC(C(=O)O)CC2)no1. The van der Waals surface area contributed by atoms with Crippen LogP contribution in [0, 0.1) is 12.8 Å². The second-order valence-corrected chi connectivity index (χ2v) is 6.34. The van der Waals surface area contributed by atoms with Crippen molar-refractivity contribution in [3.8, 4) is 0 Å². The summed E-state index contributed by atoms with van der Waals surface area (Å²) in [4.78, 5) is 36.2. The monoisotopic (exact) mass is 341 g/mol. The van der Waals surface area contributed by atoms with Gasteiger partial charge in [0.25, 0.3) is 0 Å². The molecule has 2 rings (SSSR count). The van der Waals surface area contributed by atoms with Crippen LogP contribution in [0.2, 0.25) is 0 Å². The quantitative estimate of drug-likeness (QED) is 0.793. The van der Waals surface area contributed by atoms with E-state index in [0.29, 0.717) is 37.5 Å². The Morgan fingerprint density at radius 1 is 1.39 bits per heavy atom. The minimum absolute atomic E-state index is 0.0658. The average Bonchev–Trinajstić information content (AvgIpc) is 2.92. The predicted molar refractivity (Wildman–Crippen MR) is 84.1 cm³/mol. The zero-order valence-corrected chi connectivity index (χ0v) is 13.6. The Labute approximate surface area is 137 Å². The number of carbonyl (C=O) groups excluding carboxylic acids is 2. The maximum absolute atomic E-state index is 12.0. The highest BCUT2D eigenvalue weighted by Crippen LogP contribution is 2.18. The van der Waals surface area contributed by atoms with Gasteiger partial charge < -0.3 is 19.8 Å². The lowest BCUT2D eigenvalue weighted by molar-refractivity contribution is -0.145. The lowest BCUT2D eigenvalue weighted by Gasteiger charge is -2.30. The molecular weight excluding hydrogens is 322 g/mol. The third-order valence-electron chi connectivity index (χ3n) is 3.55. The average molecular weight is 341 g/mol. The van der Waals surface area contributed by atoms with Gasteiger partial charge in [0, 0.05) is 19.2 Å². The van der Waals surface area contributed by atoms with Crippen LogP contribution >= 0.6 is 11.8 Å². The number of aliphatic carboxylic acids is 1. The third-order valence-corrected chi connectivity index (χ3v) is 4.47. The molecule has 0 spiro atoms. The highest BCUT2D eigenvalue weighted by atomic mass is 32.2. The van der Waals surface area contributed by atoms with Crippen LogP contribution in [0.3, 0.4) is 0 Å². The summed E-state index contributed by atoms with van der Waals surface area (Å²) < 4.78 is 4.84. The van der Waals surface area contributed by atoms with Crippen molar-refractivity contribution in [2.24, 2.45) is 5.92 Å². The molecule has 8 nitrogen and oxygen atoms in total. The first-order valence-electron chi connectivity index (χ1n) is 7.27. The van der Waals surface area contributed by atoms with Gasteiger partial charge >= 0.3 is 5.97 Å². The molecule has 0 atom stereocenters. The molecule has 1 aliphatic heterocycles. The number of nitrogens with zero attached hydrogens (tertiary/aromatic N) is 2. The second-order valence-electron chi connectivity index (χ2n) is 5.36. The normalized spacial score (nSPS) is 15.4. The van der Waals surface area contributed by atoms with E-state index in [1.54, 1.807) is 17.9 Å². The summed E-state index contributed by atoms with van der Waals surface area (Å²) in [6.45, 7) is 2.64. The minimum atomic E-state index is -0.800. The Bertz CT molecular complexity index is 581. The first-order valence-corrected chi connectivity index (χ1v) is 8.42. The summed E-state index contributed by atoms with van der Waals surface area (Å²) in [6.07, 6.45) is 0.968. The summed E-state index contributed by atoms with van der Waals surface area (Å²) in [5, 5.41) is 15.2. The molecule has 1 aromatic rings. The molecule has 0 bridgehead atoms. The van der Waals surface area contributed by atoms with E-state index in [2.05, 4.69) is 10.5 Å². The summed E-state index contributed by atoms with van der Waals surface area (Å²) in [6, 6.07) is 1.61. The number of carboxylic acids is 1. The molecule has 0 radical (unpaired) electrons. The molecule has 2 heterocycles. The number of likely N-dealkylation sites (tertiary alicyclic amines) is 1. The van der Waals surface area contributed by atoms with Crippen molar-refractivity contribution in [2.45, 2.75) is 19.8 Å². The molecule has 126 valence electrons. The van der Waals surface area contributed by atoms with E-state index < -0.39 is 5.97 Å². The van der Waals surface area contributed by atoms with Gasteiger partial charge in [0.2, 0.25) is 11.8 Å². The number of hydrogen-bond acceptors (Lipinski definition) is 6. The van der Waals surface area contributed by atoms with Crippen molar-refractivity contribution in [1.29, 1.82) is 0 Å². The fourth-order valence-corrected chi connectivity index (χ4v) is 3.02. The second kappa shape index (κ2) is 8.00. The number of carboxylic acid groups (broad SMARTS) is 1. The molecule has 1 aliphatic rings. The Balaban J connectivity index is 1.65. The van der Waals surface area contributed by atoms with Gasteiger partial charge in [0.1, 0.15) is 5.76 Å². The van der Waals surface area contributed by atoms with E-state index in [1.165, 1.54) is 11.8 Å². The fraction of sp³-hybridized carbons (Fsp3) is 0.571.